The van der Waals surface area contributed by atoms with Crippen LogP contribution in [-0.2, 0) is 0 Å². The average molecular weight is 310 g/mol. The number of hydrogen-bond donors (Lipinski definition) is 1. The van der Waals surface area contributed by atoms with Crippen LogP contribution in [0.1, 0.15) is 58.1 Å². The number of hydrogen-bond acceptors (Lipinski definition) is 1. The van der Waals surface area contributed by atoms with E-state index in [1.807, 2.05) is 0 Å². The van der Waals surface area contributed by atoms with Gasteiger partial charge in [0, 0.05) is 16.6 Å². The molecule has 1 aromatic rings. The van der Waals surface area contributed by atoms with E-state index in [2.05, 4.69) is 66.3 Å². The van der Waals surface area contributed by atoms with Crippen LogP contribution < -0.4 is 5.32 Å². The van der Waals surface area contributed by atoms with Crippen LogP contribution in [0.5, 0.6) is 0 Å². The lowest BCUT2D eigenvalue weighted by Gasteiger charge is -2.41. The minimum Gasteiger partial charge on any atom is -0.307 e. The number of rotatable bonds is 3. The van der Waals surface area contributed by atoms with Crippen LogP contribution in [0.15, 0.2) is 28.7 Å². The zero-order chi connectivity index (χ0) is 13.2. The zero-order valence-corrected chi connectivity index (χ0v) is 13.3. The van der Waals surface area contributed by atoms with Crippen LogP contribution in [0.4, 0.5) is 0 Å². The van der Waals surface area contributed by atoms with Gasteiger partial charge in [0.1, 0.15) is 0 Å². The van der Waals surface area contributed by atoms with Gasteiger partial charge in [0.15, 0.2) is 0 Å². The molecule has 100 valence electrons. The Morgan fingerprint density at radius 1 is 1.28 bits per heavy atom. The monoisotopic (exact) mass is 309 g/mol. The second kappa shape index (κ2) is 5.75. The van der Waals surface area contributed by atoms with Crippen molar-refractivity contribution < 1.29 is 0 Å². The fourth-order valence-corrected chi connectivity index (χ4v) is 3.65. The second-order valence-electron chi connectivity index (χ2n) is 6.20. The van der Waals surface area contributed by atoms with Gasteiger partial charge in [-0.1, -0.05) is 60.8 Å². The highest BCUT2D eigenvalue weighted by Crippen LogP contribution is 2.37. The van der Waals surface area contributed by atoms with Crippen LogP contribution >= 0.6 is 15.9 Å². The first-order chi connectivity index (χ1) is 8.50. The molecule has 1 saturated carbocycles. The zero-order valence-electron chi connectivity index (χ0n) is 11.7. The molecular formula is C16H24BrN. The van der Waals surface area contributed by atoms with Gasteiger partial charge in [-0.2, -0.15) is 0 Å². The molecule has 1 N–H and O–H groups in total. The Balaban J connectivity index is 2.07. The summed E-state index contributed by atoms with van der Waals surface area (Å²) in [5.74, 6) is 0. The minimum atomic E-state index is 0.406. The van der Waals surface area contributed by atoms with Crippen LogP contribution in [0, 0.1) is 5.41 Å². The summed E-state index contributed by atoms with van der Waals surface area (Å²) in [4.78, 5) is 0. The smallest absolute Gasteiger partial charge is 0.0305 e. The summed E-state index contributed by atoms with van der Waals surface area (Å²) >= 11 is 3.65. The van der Waals surface area contributed by atoms with Crippen molar-refractivity contribution in [3.63, 3.8) is 0 Å². The standard InChI is InChI=1S/C16H24BrN/c1-12(13-8-4-5-9-14(13)17)18-15-10-6-7-11-16(15,2)3/h4-5,8-9,12,15,18H,6-7,10-11H2,1-3H3. The highest BCUT2D eigenvalue weighted by molar-refractivity contribution is 9.10. The Morgan fingerprint density at radius 2 is 2.00 bits per heavy atom. The minimum absolute atomic E-state index is 0.406. The van der Waals surface area contributed by atoms with Crippen molar-refractivity contribution in [2.24, 2.45) is 5.41 Å². The quantitative estimate of drug-likeness (QED) is 0.822. The number of benzene rings is 1. The summed E-state index contributed by atoms with van der Waals surface area (Å²) in [5.41, 5.74) is 1.78. The van der Waals surface area contributed by atoms with Crippen molar-refractivity contribution in [1.82, 2.24) is 5.32 Å². The van der Waals surface area contributed by atoms with Gasteiger partial charge < -0.3 is 5.32 Å². The summed E-state index contributed by atoms with van der Waals surface area (Å²) in [6, 6.07) is 9.56. The van der Waals surface area contributed by atoms with Gasteiger partial charge in [0.25, 0.3) is 0 Å². The summed E-state index contributed by atoms with van der Waals surface area (Å²) in [6.07, 6.45) is 5.40. The maximum absolute atomic E-state index is 3.84. The highest BCUT2D eigenvalue weighted by Gasteiger charge is 2.32. The van der Waals surface area contributed by atoms with Gasteiger partial charge in [-0.3, -0.25) is 0 Å². The molecule has 2 unspecified atom stereocenters. The molecule has 2 atom stereocenters. The van der Waals surface area contributed by atoms with Gasteiger partial charge in [0.05, 0.1) is 0 Å². The molecule has 0 bridgehead atoms. The van der Waals surface area contributed by atoms with Crippen LogP contribution in [0.3, 0.4) is 0 Å². The average Bonchev–Trinajstić information content (AvgIpc) is 2.32. The van der Waals surface area contributed by atoms with Crippen molar-refractivity contribution in [2.75, 3.05) is 0 Å². The summed E-state index contributed by atoms with van der Waals surface area (Å²) in [7, 11) is 0. The van der Waals surface area contributed by atoms with E-state index in [4.69, 9.17) is 0 Å². The maximum atomic E-state index is 3.84. The first-order valence-electron chi connectivity index (χ1n) is 7.01. The summed E-state index contributed by atoms with van der Waals surface area (Å²) < 4.78 is 1.21. The molecule has 1 fully saturated rings. The Kier molecular flexibility index (Phi) is 4.50. The highest BCUT2D eigenvalue weighted by atomic mass is 79.9. The lowest BCUT2D eigenvalue weighted by molar-refractivity contribution is 0.157. The van der Waals surface area contributed by atoms with Gasteiger partial charge >= 0.3 is 0 Å². The van der Waals surface area contributed by atoms with Gasteiger partial charge in [-0.05, 0) is 36.8 Å². The van der Waals surface area contributed by atoms with Crippen LogP contribution in [0.25, 0.3) is 0 Å². The molecule has 0 aromatic heterocycles. The molecule has 1 aliphatic rings. The molecule has 2 rings (SSSR count). The molecule has 0 radical (unpaired) electrons. The van der Waals surface area contributed by atoms with E-state index in [0.717, 1.165) is 0 Å². The normalized spacial score (nSPS) is 24.8. The van der Waals surface area contributed by atoms with E-state index in [-0.39, 0.29) is 0 Å². The SMILES string of the molecule is CC(NC1CCCCC1(C)C)c1ccccc1Br. The third kappa shape index (κ3) is 3.16. The first kappa shape index (κ1) is 14.1. The van der Waals surface area contributed by atoms with Crippen molar-refractivity contribution >= 4 is 15.9 Å². The summed E-state index contributed by atoms with van der Waals surface area (Å²) in [5, 5.41) is 3.84. The van der Waals surface area contributed by atoms with E-state index in [1.54, 1.807) is 0 Å². The van der Waals surface area contributed by atoms with Crippen molar-refractivity contribution in [1.29, 1.82) is 0 Å². The fraction of sp³-hybridized carbons (Fsp3) is 0.625. The molecule has 1 nitrogen and oxygen atoms in total. The van der Waals surface area contributed by atoms with Crippen LogP contribution in [0.2, 0.25) is 0 Å². The second-order valence-corrected chi connectivity index (χ2v) is 7.05. The van der Waals surface area contributed by atoms with Gasteiger partial charge in [-0.25, -0.2) is 0 Å². The third-order valence-corrected chi connectivity index (χ3v) is 5.05. The largest absolute Gasteiger partial charge is 0.307 e. The van der Waals surface area contributed by atoms with E-state index < -0.39 is 0 Å². The van der Waals surface area contributed by atoms with Gasteiger partial charge in [-0.15, -0.1) is 0 Å². The van der Waals surface area contributed by atoms with Crippen molar-refractivity contribution in [2.45, 2.75) is 58.5 Å². The van der Waals surface area contributed by atoms with Crippen molar-refractivity contribution in [3.8, 4) is 0 Å². The Hall–Kier alpha value is -0.340. The topological polar surface area (TPSA) is 12.0 Å². The van der Waals surface area contributed by atoms with Gasteiger partial charge in [0.2, 0.25) is 0 Å². The molecular weight excluding hydrogens is 286 g/mol. The predicted molar refractivity (Wildman–Crippen MR) is 81.7 cm³/mol. The van der Waals surface area contributed by atoms with E-state index in [9.17, 15) is 0 Å². The Bertz CT molecular complexity index is 400. The third-order valence-electron chi connectivity index (χ3n) is 4.33. The summed E-state index contributed by atoms with van der Waals surface area (Å²) in [6.45, 7) is 7.07. The number of halogens is 1. The fourth-order valence-electron chi connectivity index (χ4n) is 3.02. The lowest BCUT2D eigenvalue weighted by atomic mass is 9.73. The molecule has 0 heterocycles. The molecule has 1 aromatic carbocycles. The van der Waals surface area contributed by atoms with E-state index >= 15 is 0 Å². The van der Waals surface area contributed by atoms with E-state index in [1.165, 1.54) is 35.7 Å². The molecule has 0 amide bonds. The molecule has 0 saturated heterocycles. The Morgan fingerprint density at radius 3 is 2.67 bits per heavy atom. The molecule has 2 heteroatoms. The molecule has 0 aliphatic heterocycles. The first-order valence-corrected chi connectivity index (χ1v) is 7.80. The molecule has 18 heavy (non-hydrogen) atoms. The number of nitrogens with one attached hydrogen (secondary N) is 1. The van der Waals surface area contributed by atoms with E-state index in [0.29, 0.717) is 17.5 Å². The lowest BCUT2D eigenvalue weighted by Crippen LogP contribution is -2.45. The molecule has 1 aliphatic carbocycles. The van der Waals surface area contributed by atoms with Crippen LogP contribution in [-0.4, -0.2) is 6.04 Å². The maximum Gasteiger partial charge on any atom is 0.0305 e. The van der Waals surface area contributed by atoms with Crippen molar-refractivity contribution in [3.05, 3.63) is 34.3 Å². The Labute approximate surface area is 119 Å². The predicted octanol–water partition coefficient (Wildman–Crippen LogP) is 5.07. The molecule has 0 spiro atoms.